The highest BCUT2D eigenvalue weighted by Crippen LogP contribution is 2.01. The number of aldehydes is 1. The lowest BCUT2D eigenvalue weighted by Crippen LogP contribution is -2.43. The topological polar surface area (TPSA) is 75.3 Å². The fraction of sp³-hybridized carbons (Fsp3) is 0.267. The third-order valence-corrected chi connectivity index (χ3v) is 2.61. The molecule has 0 heterocycles. The Morgan fingerprint density at radius 3 is 2.50 bits per heavy atom. The van der Waals surface area contributed by atoms with Crippen LogP contribution in [-0.4, -0.2) is 30.7 Å². The van der Waals surface area contributed by atoms with Crippen molar-refractivity contribution in [2.45, 2.75) is 19.4 Å². The Morgan fingerprint density at radius 2 is 1.95 bits per heavy atom. The zero-order valence-corrected chi connectivity index (χ0v) is 11.4. The van der Waals surface area contributed by atoms with Gasteiger partial charge in [0.1, 0.15) is 6.29 Å². The Hall–Kier alpha value is -2.43. The van der Waals surface area contributed by atoms with Gasteiger partial charge >= 0.3 is 0 Å². The van der Waals surface area contributed by atoms with E-state index in [1.54, 1.807) is 6.92 Å². The molecule has 1 atom stereocenters. The standard InChI is InChI=1S/C15H18N2O3/c1-11(2)15(20)16-9-14(19)17-13(10-18)8-12-6-4-3-5-7-12/h3-7,10,13H,1,8-9H2,2H3,(H,16,20)(H,17,19). The normalized spacial score (nSPS) is 11.2. The summed E-state index contributed by atoms with van der Waals surface area (Å²) in [5.41, 5.74) is 1.28. The molecular formula is C15H18N2O3. The van der Waals surface area contributed by atoms with E-state index < -0.39 is 11.9 Å². The molecule has 0 saturated carbocycles. The highest BCUT2D eigenvalue weighted by Gasteiger charge is 2.12. The maximum absolute atomic E-state index is 11.6. The van der Waals surface area contributed by atoms with Crippen molar-refractivity contribution in [3.8, 4) is 0 Å². The SMILES string of the molecule is C=C(C)C(=O)NCC(=O)NC(C=O)Cc1ccccc1. The summed E-state index contributed by atoms with van der Waals surface area (Å²) in [6.07, 6.45) is 1.11. The summed E-state index contributed by atoms with van der Waals surface area (Å²) in [7, 11) is 0. The van der Waals surface area contributed by atoms with Gasteiger partial charge in [-0.2, -0.15) is 0 Å². The van der Waals surface area contributed by atoms with Crippen LogP contribution in [0, 0.1) is 0 Å². The predicted octanol–water partition coefficient (Wildman–Crippen LogP) is 0.605. The summed E-state index contributed by atoms with van der Waals surface area (Å²) in [5.74, 6) is -0.793. The summed E-state index contributed by atoms with van der Waals surface area (Å²) >= 11 is 0. The Kier molecular flexibility index (Phi) is 6.16. The molecule has 2 amide bonds. The van der Waals surface area contributed by atoms with Gasteiger partial charge in [0.05, 0.1) is 12.6 Å². The molecule has 0 bridgehead atoms. The molecular weight excluding hydrogens is 256 g/mol. The van der Waals surface area contributed by atoms with E-state index >= 15 is 0 Å². The molecule has 0 aliphatic heterocycles. The molecule has 5 nitrogen and oxygen atoms in total. The summed E-state index contributed by atoms with van der Waals surface area (Å²) in [5, 5.41) is 4.97. The van der Waals surface area contributed by atoms with Crippen molar-refractivity contribution in [3.05, 3.63) is 48.0 Å². The van der Waals surface area contributed by atoms with E-state index in [1.165, 1.54) is 0 Å². The second-order valence-electron chi connectivity index (χ2n) is 4.46. The first-order valence-corrected chi connectivity index (χ1v) is 6.25. The number of carbonyl (C=O) groups excluding carboxylic acids is 3. The van der Waals surface area contributed by atoms with Crippen LogP contribution < -0.4 is 10.6 Å². The number of hydrogen-bond acceptors (Lipinski definition) is 3. The quantitative estimate of drug-likeness (QED) is 0.565. The second-order valence-corrected chi connectivity index (χ2v) is 4.46. The van der Waals surface area contributed by atoms with Crippen LogP contribution in [0.3, 0.4) is 0 Å². The van der Waals surface area contributed by atoms with Gasteiger partial charge in [0.15, 0.2) is 0 Å². The minimum absolute atomic E-state index is 0.176. The maximum atomic E-state index is 11.6. The number of benzene rings is 1. The van der Waals surface area contributed by atoms with E-state index in [9.17, 15) is 14.4 Å². The average Bonchev–Trinajstić information content (AvgIpc) is 2.44. The lowest BCUT2D eigenvalue weighted by Gasteiger charge is -2.13. The van der Waals surface area contributed by atoms with Crippen LogP contribution in [0.2, 0.25) is 0 Å². The maximum Gasteiger partial charge on any atom is 0.246 e. The molecule has 1 aromatic carbocycles. The monoisotopic (exact) mass is 274 g/mol. The Labute approximate surface area is 118 Å². The first kappa shape index (κ1) is 15.6. The van der Waals surface area contributed by atoms with Gasteiger partial charge in [0.25, 0.3) is 0 Å². The molecule has 0 fully saturated rings. The van der Waals surface area contributed by atoms with Crippen molar-refractivity contribution in [3.63, 3.8) is 0 Å². The molecule has 0 aliphatic rings. The second kappa shape index (κ2) is 7.89. The van der Waals surface area contributed by atoms with Crippen molar-refractivity contribution in [2.75, 3.05) is 6.54 Å². The molecule has 0 aliphatic carbocycles. The molecule has 20 heavy (non-hydrogen) atoms. The fourth-order valence-electron chi connectivity index (χ4n) is 1.57. The van der Waals surface area contributed by atoms with Crippen LogP contribution in [0.4, 0.5) is 0 Å². The van der Waals surface area contributed by atoms with Crippen molar-refractivity contribution in [1.29, 1.82) is 0 Å². The Bertz CT molecular complexity index is 497. The van der Waals surface area contributed by atoms with Gasteiger partial charge in [-0.1, -0.05) is 36.9 Å². The molecule has 1 rings (SSSR count). The highest BCUT2D eigenvalue weighted by molar-refractivity contribution is 5.95. The fourth-order valence-corrected chi connectivity index (χ4v) is 1.57. The number of amides is 2. The largest absolute Gasteiger partial charge is 0.345 e. The number of hydrogen-bond donors (Lipinski definition) is 2. The van der Waals surface area contributed by atoms with E-state index in [1.807, 2.05) is 30.3 Å². The van der Waals surface area contributed by atoms with Crippen molar-refractivity contribution >= 4 is 18.1 Å². The van der Waals surface area contributed by atoms with Crippen molar-refractivity contribution < 1.29 is 14.4 Å². The molecule has 0 spiro atoms. The first-order valence-electron chi connectivity index (χ1n) is 6.25. The minimum atomic E-state index is -0.605. The van der Waals surface area contributed by atoms with Gasteiger partial charge in [-0.15, -0.1) is 0 Å². The average molecular weight is 274 g/mol. The van der Waals surface area contributed by atoms with Gasteiger partial charge in [0, 0.05) is 5.57 Å². The summed E-state index contributed by atoms with van der Waals surface area (Å²) < 4.78 is 0. The van der Waals surface area contributed by atoms with Crippen LogP contribution in [0.15, 0.2) is 42.5 Å². The van der Waals surface area contributed by atoms with Gasteiger partial charge in [0.2, 0.25) is 11.8 Å². The Morgan fingerprint density at radius 1 is 1.30 bits per heavy atom. The van der Waals surface area contributed by atoms with Crippen LogP contribution >= 0.6 is 0 Å². The van der Waals surface area contributed by atoms with Gasteiger partial charge < -0.3 is 15.4 Å². The third kappa shape index (κ3) is 5.48. The molecule has 2 N–H and O–H groups in total. The Balaban J connectivity index is 2.44. The van der Waals surface area contributed by atoms with Crippen LogP contribution in [0.1, 0.15) is 12.5 Å². The molecule has 0 radical (unpaired) electrons. The highest BCUT2D eigenvalue weighted by atomic mass is 16.2. The van der Waals surface area contributed by atoms with Gasteiger partial charge in [-0.05, 0) is 18.9 Å². The smallest absolute Gasteiger partial charge is 0.246 e. The third-order valence-electron chi connectivity index (χ3n) is 2.61. The predicted molar refractivity (Wildman–Crippen MR) is 76.0 cm³/mol. The van der Waals surface area contributed by atoms with Gasteiger partial charge in [-0.3, -0.25) is 9.59 Å². The molecule has 0 aromatic heterocycles. The molecule has 0 saturated heterocycles. The first-order chi connectivity index (χ1) is 9.52. The van der Waals surface area contributed by atoms with E-state index in [4.69, 9.17) is 0 Å². The van der Waals surface area contributed by atoms with Crippen LogP contribution in [0.25, 0.3) is 0 Å². The lowest BCUT2D eigenvalue weighted by molar-refractivity contribution is -0.125. The van der Waals surface area contributed by atoms with E-state index in [-0.39, 0.29) is 12.5 Å². The van der Waals surface area contributed by atoms with Crippen molar-refractivity contribution in [1.82, 2.24) is 10.6 Å². The molecule has 106 valence electrons. The van der Waals surface area contributed by atoms with Crippen molar-refractivity contribution in [2.24, 2.45) is 0 Å². The number of carbonyl (C=O) groups is 3. The minimum Gasteiger partial charge on any atom is -0.345 e. The number of nitrogens with one attached hydrogen (secondary N) is 2. The molecule has 1 aromatic rings. The summed E-state index contributed by atoms with van der Waals surface area (Å²) in [4.78, 5) is 33.8. The van der Waals surface area contributed by atoms with E-state index in [2.05, 4.69) is 17.2 Å². The summed E-state index contributed by atoms with van der Waals surface area (Å²) in [6.45, 7) is 4.84. The van der Waals surface area contributed by atoms with E-state index in [0.29, 0.717) is 18.3 Å². The van der Waals surface area contributed by atoms with Crippen LogP contribution in [-0.2, 0) is 20.8 Å². The number of rotatable bonds is 7. The zero-order valence-electron chi connectivity index (χ0n) is 11.4. The molecule has 1 unspecified atom stereocenters. The van der Waals surface area contributed by atoms with E-state index in [0.717, 1.165) is 5.56 Å². The summed E-state index contributed by atoms with van der Waals surface area (Å²) in [6, 6.07) is 8.77. The van der Waals surface area contributed by atoms with Crippen LogP contribution in [0.5, 0.6) is 0 Å². The van der Waals surface area contributed by atoms with Gasteiger partial charge in [-0.25, -0.2) is 0 Å². The molecule has 5 heteroatoms. The lowest BCUT2D eigenvalue weighted by atomic mass is 10.1. The zero-order chi connectivity index (χ0) is 15.0.